The second-order valence-electron chi connectivity index (χ2n) is 6.39. The monoisotopic (exact) mass is 441 g/mol. The van der Waals surface area contributed by atoms with Crippen molar-refractivity contribution in [3.05, 3.63) is 67.9 Å². The highest BCUT2D eigenvalue weighted by Crippen LogP contribution is 2.35. The molecule has 5 nitrogen and oxygen atoms in total. The van der Waals surface area contributed by atoms with Crippen molar-refractivity contribution in [2.24, 2.45) is 4.99 Å². The number of aromatic hydroxyl groups is 1. The number of hydrogen-bond acceptors (Lipinski definition) is 5. The fourth-order valence-corrected chi connectivity index (χ4v) is 4.41. The molecule has 29 heavy (non-hydrogen) atoms. The van der Waals surface area contributed by atoms with E-state index in [0.29, 0.717) is 19.5 Å². The maximum Gasteiger partial charge on any atom is 0.226 e. The Bertz CT molecular complexity index is 1190. The van der Waals surface area contributed by atoms with E-state index in [2.05, 4.69) is 10.3 Å². The van der Waals surface area contributed by atoms with E-state index in [-0.39, 0.29) is 24.8 Å². The fraction of sp³-hybridized carbons (Fsp3) is 0.0952. The maximum atomic E-state index is 12.2. The molecule has 146 valence electrons. The molecule has 0 saturated heterocycles. The van der Waals surface area contributed by atoms with E-state index in [1.54, 1.807) is 35.0 Å². The number of anilines is 1. The van der Waals surface area contributed by atoms with Crippen LogP contribution in [-0.4, -0.2) is 21.8 Å². The Morgan fingerprint density at radius 2 is 2.00 bits per heavy atom. The second kappa shape index (κ2) is 8.32. The molecule has 2 aromatic carbocycles. The van der Waals surface area contributed by atoms with Crippen molar-refractivity contribution in [2.75, 3.05) is 5.32 Å². The standard InChI is InChI=1S/C21H16ClN3O2S2/c22-14-5-7-15(8-6-14)24-19(26)9-10-25-20(27)18(29-21(25)28)11-13-12-23-17-4-2-1-3-16(13)17/h1-8,11-12,27H,9-10H2,(H,24,26)/b13-11+. The van der Waals surface area contributed by atoms with E-state index in [1.165, 1.54) is 11.3 Å². The topological polar surface area (TPSA) is 66.6 Å². The lowest BCUT2D eigenvalue weighted by molar-refractivity contribution is -0.116. The van der Waals surface area contributed by atoms with Gasteiger partial charge in [0.2, 0.25) is 11.8 Å². The Balaban J connectivity index is 1.47. The minimum atomic E-state index is -0.170. The van der Waals surface area contributed by atoms with Crippen molar-refractivity contribution < 1.29 is 9.90 Å². The first-order valence-corrected chi connectivity index (χ1v) is 10.4. The number of carbonyl (C=O) groups excluding carboxylic acids is 1. The van der Waals surface area contributed by atoms with Crippen LogP contribution in [0.15, 0.2) is 53.5 Å². The summed E-state index contributed by atoms with van der Waals surface area (Å²) >= 11 is 12.5. The van der Waals surface area contributed by atoms with Crippen molar-refractivity contribution in [1.29, 1.82) is 0 Å². The predicted octanol–water partition coefficient (Wildman–Crippen LogP) is 5.92. The molecule has 1 aliphatic rings. The van der Waals surface area contributed by atoms with E-state index in [1.807, 2.05) is 30.3 Å². The lowest BCUT2D eigenvalue weighted by Crippen LogP contribution is -2.14. The van der Waals surface area contributed by atoms with Gasteiger partial charge in [0.1, 0.15) is 0 Å². The summed E-state index contributed by atoms with van der Waals surface area (Å²) < 4.78 is 2.09. The molecule has 1 aromatic heterocycles. The highest BCUT2D eigenvalue weighted by Gasteiger charge is 2.16. The summed E-state index contributed by atoms with van der Waals surface area (Å²) in [4.78, 5) is 17.2. The molecule has 8 heteroatoms. The zero-order valence-electron chi connectivity index (χ0n) is 15.1. The molecule has 2 N–H and O–H groups in total. The van der Waals surface area contributed by atoms with Crippen molar-refractivity contribution >= 4 is 70.3 Å². The molecule has 0 saturated carbocycles. The lowest BCUT2D eigenvalue weighted by Gasteiger charge is -2.07. The Kier molecular flexibility index (Phi) is 5.62. The number of fused-ring (bicyclic) bond motifs is 1. The van der Waals surface area contributed by atoms with Gasteiger partial charge in [0.05, 0.1) is 10.6 Å². The molecule has 0 aliphatic carbocycles. The van der Waals surface area contributed by atoms with Gasteiger partial charge in [-0.15, -0.1) is 11.3 Å². The smallest absolute Gasteiger partial charge is 0.226 e. The van der Waals surface area contributed by atoms with Crippen LogP contribution in [0, 0.1) is 3.95 Å². The Hall–Kier alpha value is -2.74. The summed E-state index contributed by atoms with van der Waals surface area (Å²) in [7, 11) is 0. The Labute approximate surface area is 181 Å². The second-order valence-corrected chi connectivity index (χ2v) is 8.50. The van der Waals surface area contributed by atoms with Crippen LogP contribution in [0.1, 0.15) is 16.9 Å². The van der Waals surface area contributed by atoms with Crippen molar-refractivity contribution in [2.45, 2.75) is 13.0 Å². The average molecular weight is 442 g/mol. The molecule has 4 rings (SSSR count). The van der Waals surface area contributed by atoms with Crippen molar-refractivity contribution in [1.82, 2.24) is 4.57 Å². The molecule has 0 atom stereocenters. The van der Waals surface area contributed by atoms with Gasteiger partial charge in [-0.05, 0) is 48.6 Å². The third-order valence-corrected chi connectivity index (χ3v) is 6.07. The van der Waals surface area contributed by atoms with Crippen LogP contribution in [-0.2, 0) is 11.3 Å². The average Bonchev–Trinajstić information content (AvgIpc) is 3.23. The van der Waals surface area contributed by atoms with Gasteiger partial charge in [0, 0.05) is 41.0 Å². The maximum absolute atomic E-state index is 12.2. The van der Waals surface area contributed by atoms with Crippen LogP contribution in [0.25, 0.3) is 11.6 Å². The zero-order chi connectivity index (χ0) is 20.4. The third-order valence-electron chi connectivity index (χ3n) is 4.43. The Morgan fingerprint density at radius 3 is 2.79 bits per heavy atom. The Morgan fingerprint density at radius 1 is 1.24 bits per heavy atom. The van der Waals surface area contributed by atoms with Gasteiger partial charge in [-0.1, -0.05) is 29.8 Å². The van der Waals surface area contributed by atoms with E-state index >= 15 is 0 Å². The molecular weight excluding hydrogens is 426 g/mol. The van der Waals surface area contributed by atoms with E-state index in [4.69, 9.17) is 23.8 Å². The highest BCUT2D eigenvalue weighted by atomic mass is 35.5. The number of hydrogen-bond donors (Lipinski definition) is 2. The number of aliphatic imine (C=N–C) groups is 1. The third kappa shape index (κ3) is 4.32. The summed E-state index contributed by atoms with van der Waals surface area (Å²) in [6, 6.07) is 14.7. The number of benzene rings is 2. The SMILES string of the molecule is O=C(CCn1c(O)c(/C=C2\C=Nc3ccccc32)sc1=S)Nc1ccc(Cl)cc1. The quantitative estimate of drug-likeness (QED) is 0.482. The molecule has 1 amide bonds. The van der Waals surface area contributed by atoms with Crippen LogP contribution >= 0.6 is 35.2 Å². The molecule has 1 aliphatic heterocycles. The van der Waals surface area contributed by atoms with E-state index in [9.17, 15) is 9.90 Å². The van der Waals surface area contributed by atoms with Gasteiger partial charge in [0.25, 0.3) is 0 Å². The molecule has 0 fully saturated rings. The number of nitrogens with zero attached hydrogens (tertiary/aromatic N) is 2. The summed E-state index contributed by atoms with van der Waals surface area (Å²) in [5.74, 6) is -0.110. The number of halogens is 1. The van der Waals surface area contributed by atoms with Crippen LogP contribution in [0.5, 0.6) is 5.88 Å². The molecule has 0 unspecified atom stereocenters. The van der Waals surface area contributed by atoms with E-state index in [0.717, 1.165) is 16.8 Å². The number of amides is 1. The molecular formula is C21H16ClN3O2S2. The molecule has 3 aromatic rings. The van der Waals surface area contributed by atoms with Crippen LogP contribution in [0.4, 0.5) is 11.4 Å². The summed E-state index contributed by atoms with van der Waals surface area (Å²) in [5, 5.41) is 14.0. The minimum Gasteiger partial charge on any atom is -0.493 e. The number of allylic oxidation sites excluding steroid dienone is 1. The number of rotatable bonds is 5. The number of para-hydroxylation sites is 1. The summed E-state index contributed by atoms with van der Waals surface area (Å²) in [6.07, 6.45) is 3.83. The molecule has 0 bridgehead atoms. The fourth-order valence-electron chi connectivity index (χ4n) is 2.97. The van der Waals surface area contributed by atoms with Crippen molar-refractivity contribution in [3.8, 4) is 5.88 Å². The van der Waals surface area contributed by atoms with Crippen LogP contribution in [0.3, 0.4) is 0 Å². The number of carbonyl (C=O) groups is 1. The first-order chi connectivity index (χ1) is 14.0. The lowest BCUT2D eigenvalue weighted by atomic mass is 10.1. The number of thiazole rings is 1. The predicted molar refractivity (Wildman–Crippen MR) is 122 cm³/mol. The first kappa shape index (κ1) is 19.6. The number of nitrogens with one attached hydrogen (secondary N) is 1. The summed E-state index contributed by atoms with van der Waals surface area (Å²) in [5.41, 5.74) is 3.50. The first-order valence-electron chi connectivity index (χ1n) is 8.84. The van der Waals surface area contributed by atoms with E-state index < -0.39 is 0 Å². The molecule has 0 spiro atoms. The van der Waals surface area contributed by atoms with Crippen LogP contribution in [0.2, 0.25) is 5.02 Å². The van der Waals surface area contributed by atoms with Gasteiger partial charge in [-0.2, -0.15) is 0 Å². The van der Waals surface area contributed by atoms with Gasteiger partial charge >= 0.3 is 0 Å². The van der Waals surface area contributed by atoms with Crippen LogP contribution < -0.4 is 5.32 Å². The summed E-state index contributed by atoms with van der Waals surface area (Å²) in [6.45, 7) is 0.286. The number of aromatic nitrogens is 1. The van der Waals surface area contributed by atoms with Gasteiger partial charge in [-0.3, -0.25) is 14.4 Å². The normalized spacial score (nSPS) is 13.6. The minimum absolute atomic E-state index is 0.0598. The zero-order valence-corrected chi connectivity index (χ0v) is 17.5. The highest BCUT2D eigenvalue weighted by molar-refractivity contribution is 7.73. The van der Waals surface area contributed by atoms with Gasteiger partial charge in [0.15, 0.2) is 3.95 Å². The molecule has 0 radical (unpaired) electrons. The van der Waals surface area contributed by atoms with Gasteiger partial charge in [-0.25, -0.2) is 0 Å². The largest absolute Gasteiger partial charge is 0.493 e. The van der Waals surface area contributed by atoms with Gasteiger partial charge < -0.3 is 10.4 Å². The molecule has 2 heterocycles. The van der Waals surface area contributed by atoms with Crippen molar-refractivity contribution in [3.63, 3.8) is 0 Å².